The van der Waals surface area contributed by atoms with Gasteiger partial charge < -0.3 is 14.8 Å². The maximum absolute atomic E-state index is 5.91. The predicted molar refractivity (Wildman–Crippen MR) is 80.3 cm³/mol. The standard InChI is InChI=1S/C16H27NO2/c1-6-17-10-7-11-19-15-9-8-13(18-5)12-14(15)16(2,3)4/h8-9,12,17H,6-7,10-11H2,1-5H3. The molecule has 3 heteroatoms. The highest BCUT2D eigenvalue weighted by Gasteiger charge is 2.19. The molecule has 0 radical (unpaired) electrons. The van der Waals surface area contributed by atoms with Gasteiger partial charge in [-0.05, 0) is 43.1 Å². The van der Waals surface area contributed by atoms with E-state index in [1.807, 2.05) is 12.1 Å². The number of ether oxygens (including phenoxy) is 2. The SMILES string of the molecule is CCNCCCOc1ccc(OC)cc1C(C)(C)C. The minimum absolute atomic E-state index is 0.0472. The number of hydrogen-bond acceptors (Lipinski definition) is 3. The highest BCUT2D eigenvalue weighted by molar-refractivity contribution is 5.44. The first kappa shape index (κ1) is 15.8. The smallest absolute Gasteiger partial charge is 0.123 e. The predicted octanol–water partition coefficient (Wildman–Crippen LogP) is 3.37. The van der Waals surface area contributed by atoms with Crippen LogP contribution in [0.2, 0.25) is 0 Å². The third kappa shape index (κ3) is 5.11. The molecule has 1 aromatic rings. The summed E-state index contributed by atoms with van der Waals surface area (Å²) in [6.45, 7) is 11.4. The van der Waals surface area contributed by atoms with Gasteiger partial charge in [0.15, 0.2) is 0 Å². The molecule has 0 atom stereocenters. The van der Waals surface area contributed by atoms with Crippen LogP contribution in [0.1, 0.15) is 39.7 Å². The van der Waals surface area contributed by atoms with Crippen molar-refractivity contribution in [3.05, 3.63) is 23.8 Å². The van der Waals surface area contributed by atoms with Gasteiger partial charge in [-0.15, -0.1) is 0 Å². The van der Waals surface area contributed by atoms with Gasteiger partial charge in [0, 0.05) is 5.56 Å². The Morgan fingerprint density at radius 2 is 1.95 bits per heavy atom. The molecule has 0 heterocycles. The molecule has 1 rings (SSSR count). The van der Waals surface area contributed by atoms with E-state index in [1.54, 1.807) is 7.11 Å². The minimum atomic E-state index is 0.0472. The first-order valence-electron chi connectivity index (χ1n) is 7.01. The van der Waals surface area contributed by atoms with E-state index in [0.29, 0.717) is 0 Å². The largest absolute Gasteiger partial charge is 0.497 e. The molecule has 0 bridgehead atoms. The van der Waals surface area contributed by atoms with Crippen LogP contribution in [-0.4, -0.2) is 26.8 Å². The van der Waals surface area contributed by atoms with Gasteiger partial charge in [-0.25, -0.2) is 0 Å². The molecule has 0 aliphatic heterocycles. The van der Waals surface area contributed by atoms with E-state index in [1.165, 1.54) is 5.56 Å². The highest BCUT2D eigenvalue weighted by atomic mass is 16.5. The Bertz CT molecular complexity index is 383. The van der Waals surface area contributed by atoms with Crippen LogP contribution in [0.15, 0.2) is 18.2 Å². The lowest BCUT2D eigenvalue weighted by atomic mass is 9.86. The van der Waals surface area contributed by atoms with Gasteiger partial charge >= 0.3 is 0 Å². The molecule has 0 spiro atoms. The summed E-state index contributed by atoms with van der Waals surface area (Å²) in [5, 5.41) is 3.30. The molecule has 1 N–H and O–H groups in total. The van der Waals surface area contributed by atoms with Gasteiger partial charge in [0.2, 0.25) is 0 Å². The topological polar surface area (TPSA) is 30.5 Å². The van der Waals surface area contributed by atoms with E-state index in [0.717, 1.165) is 37.6 Å². The Morgan fingerprint density at radius 1 is 1.21 bits per heavy atom. The van der Waals surface area contributed by atoms with Crippen molar-refractivity contribution in [1.29, 1.82) is 0 Å². The van der Waals surface area contributed by atoms with Crippen LogP contribution in [0.3, 0.4) is 0 Å². The summed E-state index contributed by atoms with van der Waals surface area (Å²) >= 11 is 0. The van der Waals surface area contributed by atoms with Crippen molar-refractivity contribution in [3.8, 4) is 11.5 Å². The van der Waals surface area contributed by atoms with Crippen molar-refractivity contribution < 1.29 is 9.47 Å². The first-order valence-corrected chi connectivity index (χ1v) is 7.01. The van der Waals surface area contributed by atoms with Crippen LogP contribution in [0.25, 0.3) is 0 Å². The van der Waals surface area contributed by atoms with Crippen molar-refractivity contribution in [1.82, 2.24) is 5.32 Å². The molecule has 108 valence electrons. The number of benzene rings is 1. The highest BCUT2D eigenvalue weighted by Crippen LogP contribution is 2.34. The number of hydrogen-bond donors (Lipinski definition) is 1. The number of methoxy groups -OCH3 is 1. The summed E-state index contributed by atoms with van der Waals surface area (Å²) in [7, 11) is 1.69. The third-order valence-corrected chi connectivity index (χ3v) is 3.00. The van der Waals surface area contributed by atoms with Crippen LogP contribution in [0, 0.1) is 0 Å². The van der Waals surface area contributed by atoms with Crippen LogP contribution in [0.5, 0.6) is 11.5 Å². The Balaban J connectivity index is 2.71. The van der Waals surface area contributed by atoms with E-state index >= 15 is 0 Å². The number of nitrogens with one attached hydrogen (secondary N) is 1. The maximum Gasteiger partial charge on any atom is 0.123 e. The molecule has 1 aromatic carbocycles. The van der Waals surface area contributed by atoms with Gasteiger partial charge in [-0.2, -0.15) is 0 Å². The molecule has 0 fully saturated rings. The van der Waals surface area contributed by atoms with Gasteiger partial charge in [0.1, 0.15) is 11.5 Å². The summed E-state index contributed by atoms with van der Waals surface area (Å²) in [5.41, 5.74) is 1.24. The lowest BCUT2D eigenvalue weighted by Gasteiger charge is -2.23. The molecular weight excluding hydrogens is 238 g/mol. The molecule has 19 heavy (non-hydrogen) atoms. The Labute approximate surface area is 117 Å². The second-order valence-electron chi connectivity index (χ2n) is 5.67. The summed E-state index contributed by atoms with van der Waals surface area (Å²) in [4.78, 5) is 0. The molecule has 0 saturated heterocycles. The molecular formula is C16H27NO2. The Morgan fingerprint density at radius 3 is 2.53 bits per heavy atom. The average molecular weight is 265 g/mol. The second kappa shape index (κ2) is 7.39. The first-order chi connectivity index (χ1) is 8.99. The monoisotopic (exact) mass is 265 g/mol. The van der Waals surface area contributed by atoms with Crippen LogP contribution >= 0.6 is 0 Å². The van der Waals surface area contributed by atoms with Gasteiger partial charge in [-0.3, -0.25) is 0 Å². The van der Waals surface area contributed by atoms with E-state index in [-0.39, 0.29) is 5.41 Å². The lowest BCUT2D eigenvalue weighted by Crippen LogP contribution is -2.18. The Hall–Kier alpha value is -1.22. The lowest BCUT2D eigenvalue weighted by molar-refractivity contribution is 0.299. The fraction of sp³-hybridized carbons (Fsp3) is 0.625. The van der Waals surface area contributed by atoms with E-state index in [9.17, 15) is 0 Å². The van der Waals surface area contributed by atoms with Crippen LogP contribution in [0.4, 0.5) is 0 Å². The fourth-order valence-electron chi connectivity index (χ4n) is 1.90. The van der Waals surface area contributed by atoms with Crippen molar-refractivity contribution in [2.24, 2.45) is 0 Å². The zero-order chi connectivity index (χ0) is 14.3. The summed E-state index contributed by atoms with van der Waals surface area (Å²) in [6, 6.07) is 6.03. The molecule has 0 saturated carbocycles. The fourth-order valence-corrected chi connectivity index (χ4v) is 1.90. The van der Waals surface area contributed by atoms with Crippen molar-refractivity contribution in [3.63, 3.8) is 0 Å². The Kier molecular flexibility index (Phi) is 6.16. The van der Waals surface area contributed by atoms with Crippen molar-refractivity contribution in [2.75, 3.05) is 26.8 Å². The summed E-state index contributed by atoms with van der Waals surface area (Å²) in [5.74, 6) is 1.84. The van der Waals surface area contributed by atoms with Crippen LogP contribution in [-0.2, 0) is 5.41 Å². The van der Waals surface area contributed by atoms with E-state index in [2.05, 4.69) is 39.1 Å². The quantitative estimate of drug-likeness (QED) is 0.767. The van der Waals surface area contributed by atoms with Crippen LogP contribution < -0.4 is 14.8 Å². The summed E-state index contributed by atoms with van der Waals surface area (Å²) < 4.78 is 11.2. The summed E-state index contributed by atoms with van der Waals surface area (Å²) in [6.07, 6.45) is 1.02. The zero-order valence-electron chi connectivity index (χ0n) is 12.9. The molecule has 0 unspecified atom stereocenters. The van der Waals surface area contributed by atoms with Crippen molar-refractivity contribution >= 4 is 0 Å². The van der Waals surface area contributed by atoms with E-state index < -0.39 is 0 Å². The normalized spacial score (nSPS) is 11.4. The maximum atomic E-state index is 5.91. The van der Waals surface area contributed by atoms with Gasteiger partial charge in [-0.1, -0.05) is 27.7 Å². The molecule has 0 aliphatic rings. The second-order valence-corrected chi connectivity index (χ2v) is 5.67. The molecule has 3 nitrogen and oxygen atoms in total. The molecule has 0 aromatic heterocycles. The number of rotatable bonds is 7. The third-order valence-electron chi connectivity index (χ3n) is 3.00. The van der Waals surface area contributed by atoms with Gasteiger partial charge in [0.05, 0.1) is 13.7 Å². The molecule has 0 aliphatic carbocycles. The minimum Gasteiger partial charge on any atom is -0.497 e. The zero-order valence-corrected chi connectivity index (χ0v) is 12.9. The average Bonchev–Trinajstić information content (AvgIpc) is 2.37. The molecule has 0 amide bonds. The van der Waals surface area contributed by atoms with Gasteiger partial charge in [0.25, 0.3) is 0 Å². The van der Waals surface area contributed by atoms with Crippen molar-refractivity contribution in [2.45, 2.75) is 39.5 Å². The van der Waals surface area contributed by atoms with E-state index in [4.69, 9.17) is 9.47 Å².